The first-order chi connectivity index (χ1) is 12.1. The van der Waals surface area contributed by atoms with E-state index in [-0.39, 0.29) is 11.7 Å². The molecule has 0 aliphatic rings. The van der Waals surface area contributed by atoms with Crippen LogP contribution in [0, 0.1) is 0 Å². The van der Waals surface area contributed by atoms with E-state index in [0.29, 0.717) is 11.0 Å². The van der Waals surface area contributed by atoms with Gasteiger partial charge in [-0.3, -0.25) is 4.79 Å². The third kappa shape index (κ3) is 4.28. The summed E-state index contributed by atoms with van der Waals surface area (Å²) < 4.78 is 2.05. The quantitative estimate of drug-likeness (QED) is 0.605. The molecule has 0 saturated carbocycles. The van der Waals surface area contributed by atoms with E-state index in [9.17, 15) is 4.79 Å². The first kappa shape index (κ1) is 18.1. The molecule has 0 atom stereocenters. The summed E-state index contributed by atoms with van der Waals surface area (Å²) in [5, 5.41) is 16.7. The van der Waals surface area contributed by atoms with E-state index in [1.807, 2.05) is 9.95 Å². The van der Waals surface area contributed by atoms with Gasteiger partial charge in [-0.1, -0.05) is 25.6 Å². The summed E-state index contributed by atoms with van der Waals surface area (Å²) in [6, 6.07) is 2.18. The van der Waals surface area contributed by atoms with E-state index in [4.69, 9.17) is 0 Å². The summed E-state index contributed by atoms with van der Waals surface area (Å²) in [4.78, 5) is 17.4. The van der Waals surface area contributed by atoms with Crippen molar-refractivity contribution >= 4 is 45.5 Å². The maximum absolute atomic E-state index is 12.0. The van der Waals surface area contributed by atoms with Gasteiger partial charge in [0, 0.05) is 33.9 Å². The SMILES string of the molecule is CCn1c(SCC(=O)Nc2nccs2)nnc1-c1csc(C(C)C)c1. The van der Waals surface area contributed by atoms with Crippen LogP contribution in [-0.2, 0) is 11.3 Å². The van der Waals surface area contributed by atoms with E-state index in [2.05, 4.69) is 52.7 Å². The van der Waals surface area contributed by atoms with Crippen LogP contribution in [-0.4, -0.2) is 31.4 Å². The van der Waals surface area contributed by atoms with Gasteiger partial charge in [0.2, 0.25) is 5.91 Å². The van der Waals surface area contributed by atoms with Crippen LogP contribution >= 0.6 is 34.4 Å². The number of nitrogens with one attached hydrogen (secondary N) is 1. The molecule has 3 aromatic rings. The zero-order valence-corrected chi connectivity index (χ0v) is 16.7. The Bertz CT molecular complexity index is 838. The number of aromatic nitrogens is 4. The molecule has 0 aliphatic carbocycles. The average molecular weight is 394 g/mol. The molecular formula is C16H19N5OS3. The zero-order valence-electron chi connectivity index (χ0n) is 14.2. The molecule has 25 heavy (non-hydrogen) atoms. The van der Waals surface area contributed by atoms with Crippen LogP contribution in [0.2, 0.25) is 0 Å². The van der Waals surface area contributed by atoms with E-state index >= 15 is 0 Å². The van der Waals surface area contributed by atoms with Crippen molar-refractivity contribution in [3.63, 3.8) is 0 Å². The van der Waals surface area contributed by atoms with Crippen molar-refractivity contribution in [2.75, 3.05) is 11.1 Å². The third-order valence-electron chi connectivity index (χ3n) is 3.49. The Balaban J connectivity index is 1.70. The summed E-state index contributed by atoms with van der Waals surface area (Å²) in [5.41, 5.74) is 1.09. The highest BCUT2D eigenvalue weighted by molar-refractivity contribution is 7.99. The first-order valence-corrected chi connectivity index (χ1v) is 10.7. The molecule has 0 aromatic carbocycles. The number of hydrogen-bond acceptors (Lipinski definition) is 7. The molecule has 0 aliphatic heterocycles. The normalized spacial score (nSPS) is 11.2. The molecule has 9 heteroatoms. The Hall–Kier alpha value is -1.71. The van der Waals surface area contributed by atoms with Gasteiger partial charge in [0.1, 0.15) is 0 Å². The number of thiophene rings is 1. The molecule has 0 radical (unpaired) electrons. The van der Waals surface area contributed by atoms with Crippen LogP contribution in [0.15, 0.2) is 28.2 Å². The van der Waals surface area contributed by atoms with Gasteiger partial charge in [-0.25, -0.2) is 4.98 Å². The number of thioether (sulfide) groups is 1. The number of carbonyl (C=O) groups excluding carboxylic acids is 1. The van der Waals surface area contributed by atoms with Crippen molar-refractivity contribution in [2.45, 2.75) is 38.4 Å². The van der Waals surface area contributed by atoms with Crippen LogP contribution in [0.25, 0.3) is 11.4 Å². The van der Waals surface area contributed by atoms with Crippen LogP contribution < -0.4 is 5.32 Å². The number of nitrogens with zero attached hydrogens (tertiary/aromatic N) is 4. The highest BCUT2D eigenvalue weighted by atomic mass is 32.2. The van der Waals surface area contributed by atoms with Gasteiger partial charge >= 0.3 is 0 Å². The Labute approximate surface area is 158 Å². The van der Waals surface area contributed by atoms with Gasteiger partial charge in [0.25, 0.3) is 0 Å². The van der Waals surface area contributed by atoms with Gasteiger partial charge in [-0.15, -0.1) is 32.9 Å². The summed E-state index contributed by atoms with van der Waals surface area (Å²) in [6.45, 7) is 7.18. The topological polar surface area (TPSA) is 72.7 Å². The average Bonchev–Trinajstić information content (AvgIpc) is 3.32. The summed E-state index contributed by atoms with van der Waals surface area (Å²) in [7, 11) is 0. The molecule has 3 rings (SSSR count). The van der Waals surface area contributed by atoms with Crippen LogP contribution in [0.4, 0.5) is 5.13 Å². The lowest BCUT2D eigenvalue weighted by Gasteiger charge is -2.06. The molecule has 0 spiro atoms. The van der Waals surface area contributed by atoms with E-state index < -0.39 is 0 Å². The van der Waals surface area contributed by atoms with Crippen molar-refractivity contribution < 1.29 is 4.79 Å². The fourth-order valence-electron chi connectivity index (χ4n) is 2.24. The number of amides is 1. The Morgan fingerprint density at radius 2 is 2.20 bits per heavy atom. The number of hydrogen-bond donors (Lipinski definition) is 1. The van der Waals surface area contributed by atoms with Crippen LogP contribution in [0.1, 0.15) is 31.6 Å². The summed E-state index contributed by atoms with van der Waals surface area (Å²) >= 11 is 4.53. The Kier molecular flexibility index (Phi) is 5.87. The zero-order chi connectivity index (χ0) is 17.8. The lowest BCUT2D eigenvalue weighted by Crippen LogP contribution is -2.14. The van der Waals surface area contributed by atoms with E-state index in [1.54, 1.807) is 17.5 Å². The molecule has 0 fully saturated rings. The van der Waals surface area contributed by atoms with Crippen molar-refractivity contribution in [1.29, 1.82) is 0 Å². The molecule has 0 saturated heterocycles. The van der Waals surface area contributed by atoms with Crippen molar-refractivity contribution in [3.8, 4) is 11.4 Å². The minimum Gasteiger partial charge on any atom is -0.302 e. The Morgan fingerprint density at radius 1 is 1.36 bits per heavy atom. The number of rotatable bonds is 7. The second kappa shape index (κ2) is 8.11. The van der Waals surface area contributed by atoms with Crippen LogP contribution in [0.5, 0.6) is 0 Å². The molecule has 0 unspecified atom stereocenters. The first-order valence-electron chi connectivity index (χ1n) is 7.92. The number of carbonyl (C=O) groups is 1. The molecule has 1 amide bonds. The minimum absolute atomic E-state index is 0.0928. The standard InChI is InChI=1S/C16H19N5OS3/c1-4-21-14(11-7-12(10(2)3)24-8-11)19-20-16(21)25-9-13(22)18-15-17-5-6-23-15/h5-8,10H,4,9H2,1-3H3,(H,17,18,22). The largest absolute Gasteiger partial charge is 0.302 e. The predicted molar refractivity (Wildman–Crippen MR) is 105 cm³/mol. The van der Waals surface area contributed by atoms with Crippen molar-refractivity contribution in [3.05, 3.63) is 27.9 Å². The molecule has 6 nitrogen and oxygen atoms in total. The predicted octanol–water partition coefficient (Wildman–Crippen LogP) is 4.34. The van der Waals surface area contributed by atoms with E-state index in [1.165, 1.54) is 28.0 Å². The fourth-order valence-corrected chi connectivity index (χ4v) is 4.49. The second-order valence-electron chi connectivity index (χ2n) is 5.62. The molecule has 132 valence electrons. The van der Waals surface area contributed by atoms with Crippen molar-refractivity contribution in [1.82, 2.24) is 19.7 Å². The molecule has 3 aromatic heterocycles. The third-order valence-corrected chi connectivity index (χ3v) is 6.38. The van der Waals surface area contributed by atoms with Crippen molar-refractivity contribution in [2.24, 2.45) is 0 Å². The summed E-state index contributed by atoms with van der Waals surface area (Å²) in [6.07, 6.45) is 1.67. The molecule has 3 heterocycles. The van der Waals surface area contributed by atoms with Gasteiger partial charge in [0.05, 0.1) is 5.75 Å². The van der Waals surface area contributed by atoms with Crippen LogP contribution in [0.3, 0.4) is 0 Å². The summed E-state index contributed by atoms with van der Waals surface area (Å²) in [5.74, 6) is 1.54. The maximum Gasteiger partial charge on any atom is 0.236 e. The van der Waals surface area contributed by atoms with E-state index in [0.717, 1.165) is 23.1 Å². The number of anilines is 1. The lowest BCUT2D eigenvalue weighted by molar-refractivity contribution is -0.113. The van der Waals surface area contributed by atoms with Gasteiger partial charge in [-0.05, 0) is 18.9 Å². The molecule has 1 N–H and O–H groups in total. The second-order valence-corrected chi connectivity index (χ2v) is 8.40. The monoisotopic (exact) mass is 393 g/mol. The smallest absolute Gasteiger partial charge is 0.236 e. The number of thiazole rings is 1. The van der Waals surface area contributed by atoms with Gasteiger partial charge < -0.3 is 9.88 Å². The maximum atomic E-state index is 12.0. The highest BCUT2D eigenvalue weighted by Crippen LogP contribution is 2.31. The van der Waals surface area contributed by atoms with Gasteiger partial charge in [0.15, 0.2) is 16.1 Å². The Morgan fingerprint density at radius 3 is 2.84 bits per heavy atom. The molecular weight excluding hydrogens is 374 g/mol. The highest BCUT2D eigenvalue weighted by Gasteiger charge is 2.16. The van der Waals surface area contributed by atoms with Gasteiger partial charge in [-0.2, -0.15) is 0 Å². The molecule has 0 bridgehead atoms. The fraction of sp³-hybridized carbons (Fsp3) is 0.375. The lowest BCUT2D eigenvalue weighted by atomic mass is 10.1. The minimum atomic E-state index is -0.0928.